The normalized spacial score (nSPS) is 20.3. The van der Waals surface area contributed by atoms with Crippen LogP contribution in [-0.4, -0.2) is 44.1 Å². The van der Waals surface area contributed by atoms with Crippen molar-refractivity contribution in [2.45, 2.75) is 37.8 Å². The van der Waals surface area contributed by atoms with E-state index in [1.165, 1.54) is 0 Å². The van der Waals surface area contributed by atoms with E-state index in [4.69, 9.17) is 4.74 Å². The Balaban J connectivity index is 1.30. The molecule has 168 valence electrons. The number of guanidine groups is 1. The molecule has 0 saturated carbocycles. The van der Waals surface area contributed by atoms with Crippen LogP contribution in [0.15, 0.2) is 53.5 Å². The van der Waals surface area contributed by atoms with E-state index in [2.05, 4.69) is 26.3 Å². The van der Waals surface area contributed by atoms with Crippen molar-refractivity contribution in [3.05, 3.63) is 59.7 Å². The lowest BCUT2D eigenvalue weighted by Crippen LogP contribution is -2.40. The summed E-state index contributed by atoms with van der Waals surface area (Å²) in [6.45, 7) is 1.79. The number of nitrogens with one attached hydrogen (secondary N) is 4. The molecule has 4 rings (SSSR count). The second-order valence-corrected chi connectivity index (χ2v) is 8.03. The number of carbonyl (C=O) groups excluding carboxylic acids is 2. The van der Waals surface area contributed by atoms with Crippen LogP contribution >= 0.6 is 0 Å². The molecule has 2 aliphatic heterocycles. The first-order valence-corrected chi connectivity index (χ1v) is 11.0. The number of fused-ring (bicyclic) bond motifs is 1. The fraction of sp³-hybridized carbons (Fsp3) is 0.375. The van der Waals surface area contributed by atoms with E-state index in [0.29, 0.717) is 32.1 Å². The van der Waals surface area contributed by atoms with Gasteiger partial charge in [-0.2, -0.15) is 0 Å². The van der Waals surface area contributed by atoms with Crippen LogP contribution in [0.3, 0.4) is 0 Å². The van der Waals surface area contributed by atoms with Crippen LogP contribution in [-0.2, 0) is 20.9 Å². The SMILES string of the molecule is CN=C(NCc1cccc(NC(=O)C2CCCO2)c1)NCC1CC(=O)Nc2ccccc21. The maximum atomic E-state index is 12.3. The zero-order valence-corrected chi connectivity index (χ0v) is 18.2. The average Bonchev–Trinajstić information content (AvgIpc) is 3.34. The summed E-state index contributed by atoms with van der Waals surface area (Å²) in [4.78, 5) is 28.6. The summed E-state index contributed by atoms with van der Waals surface area (Å²) in [5.74, 6) is 0.666. The molecule has 2 heterocycles. The van der Waals surface area contributed by atoms with Crippen LogP contribution in [0.1, 0.15) is 36.3 Å². The average molecular weight is 436 g/mol. The van der Waals surface area contributed by atoms with Crippen molar-refractivity contribution in [3.63, 3.8) is 0 Å². The third kappa shape index (κ3) is 5.45. The van der Waals surface area contributed by atoms with Crippen molar-refractivity contribution in [2.75, 3.05) is 30.8 Å². The van der Waals surface area contributed by atoms with Gasteiger partial charge >= 0.3 is 0 Å². The molecule has 2 unspecified atom stereocenters. The molecule has 0 aromatic heterocycles. The first-order chi connectivity index (χ1) is 15.6. The van der Waals surface area contributed by atoms with Crippen molar-refractivity contribution in [1.29, 1.82) is 0 Å². The van der Waals surface area contributed by atoms with Crippen molar-refractivity contribution in [3.8, 4) is 0 Å². The Morgan fingerprint density at radius 1 is 1.19 bits per heavy atom. The van der Waals surface area contributed by atoms with Crippen LogP contribution < -0.4 is 21.3 Å². The molecule has 1 fully saturated rings. The molecule has 2 atom stereocenters. The highest BCUT2D eigenvalue weighted by Crippen LogP contribution is 2.31. The third-order valence-corrected chi connectivity index (χ3v) is 5.72. The van der Waals surface area contributed by atoms with E-state index in [-0.39, 0.29) is 23.8 Å². The van der Waals surface area contributed by atoms with Crippen molar-refractivity contribution in [2.24, 2.45) is 4.99 Å². The van der Waals surface area contributed by atoms with Gasteiger partial charge in [0.05, 0.1) is 0 Å². The van der Waals surface area contributed by atoms with Gasteiger partial charge in [-0.05, 0) is 42.2 Å². The van der Waals surface area contributed by atoms with Crippen molar-refractivity contribution < 1.29 is 14.3 Å². The Hall–Kier alpha value is -3.39. The largest absolute Gasteiger partial charge is 0.368 e. The minimum absolute atomic E-state index is 0.0281. The summed E-state index contributed by atoms with van der Waals surface area (Å²) in [5, 5.41) is 12.5. The maximum absolute atomic E-state index is 12.3. The highest BCUT2D eigenvalue weighted by Gasteiger charge is 2.25. The molecule has 0 spiro atoms. The predicted octanol–water partition coefficient (Wildman–Crippen LogP) is 2.60. The summed E-state index contributed by atoms with van der Waals surface area (Å²) in [5.41, 5.74) is 3.77. The Kier molecular flexibility index (Phi) is 7.01. The van der Waals surface area contributed by atoms with Gasteiger partial charge in [-0.25, -0.2) is 0 Å². The lowest BCUT2D eigenvalue weighted by atomic mass is 9.90. The molecule has 2 aromatic rings. The number of hydrogen-bond acceptors (Lipinski definition) is 4. The number of benzene rings is 2. The second kappa shape index (κ2) is 10.3. The number of nitrogens with zero attached hydrogens (tertiary/aromatic N) is 1. The fourth-order valence-electron chi connectivity index (χ4n) is 4.08. The molecule has 0 aliphatic carbocycles. The van der Waals surface area contributed by atoms with E-state index in [0.717, 1.165) is 35.3 Å². The standard InChI is InChI=1S/C24H29N5O3/c1-25-24(27-15-17-13-22(30)29-20-9-3-2-8-19(17)20)26-14-16-6-4-7-18(12-16)28-23(31)21-10-5-11-32-21/h2-4,6-9,12,17,21H,5,10-11,13-15H2,1H3,(H,28,31)(H,29,30)(H2,25,26,27). The predicted molar refractivity (Wildman–Crippen MR) is 125 cm³/mol. The molecule has 2 aliphatic rings. The highest BCUT2D eigenvalue weighted by molar-refractivity contribution is 5.95. The Morgan fingerprint density at radius 2 is 2.06 bits per heavy atom. The van der Waals surface area contributed by atoms with Gasteiger partial charge in [-0.15, -0.1) is 0 Å². The molecule has 2 aromatic carbocycles. The van der Waals surface area contributed by atoms with Crippen LogP contribution in [0, 0.1) is 0 Å². The number of anilines is 2. The number of aliphatic imine (C=N–C) groups is 1. The van der Waals surface area contributed by atoms with Gasteiger partial charge in [0, 0.05) is 50.5 Å². The Labute approximate surface area is 187 Å². The molecule has 2 amide bonds. The van der Waals surface area contributed by atoms with Gasteiger partial charge in [-0.1, -0.05) is 30.3 Å². The number of amides is 2. The van der Waals surface area contributed by atoms with Crippen LogP contribution in [0.25, 0.3) is 0 Å². The molecule has 8 nitrogen and oxygen atoms in total. The first kappa shape index (κ1) is 21.8. The van der Waals surface area contributed by atoms with Crippen LogP contribution in [0.5, 0.6) is 0 Å². The summed E-state index contributed by atoms with van der Waals surface area (Å²) < 4.78 is 5.44. The van der Waals surface area contributed by atoms with Gasteiger partial charge in [0.15, 0.2) is 5.96 Å². The van der Waals surface area contributed by atoms with E-state index in [1.807, 2.05) is 48.5 Å². The number of ether oxygens (including phenoxy) is 1. The third-order valence-electron chi connectivity index (χ3n) is 5.72. The van der Waals surface area contributed by atoms with Gasteiger partial charge in [0.1, 0.15) is 6.10 Å². The lowest BCUT2D eigenvalue weighted by Gasteiger charge is -2.26. The minimum Gasteiger partial charge on any atom is -0.368 e. The zero-order chi connectivity index (χ0) is 22.3. The molecule has 32 heavy (non-hydrogen) atoms. The maximum Gasteiger partial charge on any atom is 0.253 e. The van der Waals surface area contributed by atoms with E-state index in [1.54, 1.807) is 7.05 Å². The fourth-order valence-corrected chi connectivity index (χ4v) is 4.08. The van der Waals surface area contributed by atoms with Gasteiger partial charge in [-0.3, -0.25) is 14.6 Å². The number of para-hydroxylation sites is 1. The number of hydrogen-bond donors (Lipinski definition) is 4. The molecule has 0 bridgehead atoms. The Morgan fingerprint density at radius 3 is 2.88 bits per heavy atom. The summed E-state index contributed by atoms with van der Waals surface area (Å²) in [6, 6.07) is 15.6. The molecule has 8 heteroatoms. The lowest BCUT2D eigenvalue weighted by molar-refractivity contribution is -0.124. The summed E-state index contributed by atoms with van der Waals surface area (Å²) in [6.07, 6.45) is 1.77. The topological polar surface area (TPSA) is 104 Å². The number of rotatable bonds is 6. The molecular formula is C24H29N5O3. The van der Waals surface area contributed by atoms with Gasteiger partial charge in [0.2, 0.25) is 5.91 Å². The monoisotopic (exact) mass is 435 g/mol. The smallest absolute Gasteiger partial charge is 0.253 e. The van der Waals surface area contributed by atoms with Gasteiger partial charge < -0.3 is 26.0 Å². The van der Waals surface area contributed by atoms with E-state index in [9.17, 15) is 9.59 Å². The number of carbonyl (C=O) groups is 2. The quantitative estimate of drug-likeness (QED) is 0.413. The van der Waals surface area contributed by atoms with Crippen molar-refractivity contribution in [1.82, 2.24) is 10.6 Å². The van der Waals surface area contributed by atoms with Gasteiger partial charge in [0.25, 0.3) is 5.91 Å². The van der Waals surface area contributed by atoms with Crippen molar-refractivity contribution >= 4 is 29.1 Å². The molecule has 1 saturated heterocycles. The zero-order valence-electron chi connectivity index (χ0n) is 18.2. The molecular weight excluding hydrogens is 406 g/mol. The van der Waals surface area contributed by atoms with Crippen LogP contribution in [0.4, 0.5) is 11.4 Å². The summed E-state index contributed by atoms with van der Waals surface area (Å²) >= 11 is 0. The first-order valence-electron chi connectivity index (χ1n) is 11.0. The Bertz CT molecular complexity index is 1000. The molecule has 4 N–H and O–H groups in total. The van der Waals surface area contributed by atoms with E-state index < -0.39 is 0 Å². The van der Waals surface area contributed by atoms with E-state index >= 15 is 0 Å². The second-order valence-electron chi connectivity index (χ2n) is 8.03. The molecule has 0 radical (unpaired) electrons. The van der Waals surface area contributed by atoms with Crippen LogP contribution in [0.2, 0.25) is 0 Å². The summed E-state index contributed by atoms with van der Waals surface area (Å²) in [7, 11) is 1.72. The highest BCUT2D eigenvalue weighted by atomic mass is 16.5. The minimum atomic E-state index is -0.355.